The summed E-state index contributed by atoms with van der Waals surface area (Å²) in [6.45, 7) is 0.143. The maximum atomic E-state index is 12.9. The number of rotatable bonds is 8. The highest BCUT2D eigenvalue weighted by Crippen LogP contribution is 2.40. The Hall–Kier alpha value is -4.05. The van der Waals surface area contributed by atoms with Crippen molar-refractivity contribution in [3.05, 3.63) is 47.2 Å². The maximum absolute atomic E-state index is 12.9. The van der Waals surface area contributed by atoms with Crippen molar-refractivity contribution >= 4 is 57.8 Å². The second-order valence-corrected chi connectivity index (χ2v) is 9.19. The van der Waals surface area contributed by atoms with Crippen LogP contribution in [0.4, 0.5) is 5.13 Å². The third-order valence-electron chi connectivity index (χ3n) is 5.13. The first-order chi connectivity index (χ1) is 16.7. The number of amides is 3. The number of anilines is 1. The lowest BCUT2D eigenvalue weighted by Crippen LogP contribution is -2.71. The van der Waals surface area contributed by atoms with Gasteiger partial charge in [-0.1, -0.05) is 5.16 Å². The molecule has 0 aliphatic carbocycles. The van der Waals surface area contributed by atoms with Crippen LogP contribution in [0.2, 0.25) is 0 Å². The lowest BCUT2D eigenvalue weighted by atomic mass is 10.0. The van der Waals surface area contributed by atoms with Crippen molar-refractivity contribution in [2.24, 2.45) is 10.9 Å². The van der Waals surface area contributed by atoms with E-state index in [1.54, 1.807) is 17.0 Å². The van der Waals surface area contributed by atoms with Gasteiger partial charge in [-0.15, -0.1) is 11.8 Å². The zero-order chi connectivity index (χ0) is 25.3. The first-order valence-corrected chi connectivity index (χ1v) is 11.7. The highest BCUT2D eigenvalue weighted by molar-refractivity contribution is 8.00. The highest BCUT2D eigenvalue weighted by atomic mass is 32.2. The number of nitrogens with two attached hydrogens (primary N) is 2. The van der Waals surface area contributed by atoms with E-state index in [9.17, 15) is 24.3 Å². The summed E-state index contributed by atoms with van der Waals surface area (Å²) in [5.74, 6) is -3.31. The van der Waals surface area contributed by atoms with Crippen LogP contribution in [0, 0.1) is 0 Å². The summed E-state index contributed by atoms with van der Waals surface area (Å²) in [6.07, 6.45) is 3.15. The van der Waals surface area contributed by atoms with Crippen molar-refractivity contribution in [2.45, 2.75) is 18.0 Å². The van der Waals surface area contributed by atoms with Crippen LogP contribution in [0.15, 0.2) is 41.0 Å². The quantitative estimate of drug-likeness (QED) is 0.139. The molecule has 0 spiro atoms. The molecule has 0 saturated carbocycles. The van der Waals surface area contributed by atoms with Gasteiger partial charge in [0.1, 0.15) is 18.5 Å². The fourth-order valence-electron chi connectivity index (χ4n) is 3.56. The molecule has 3 amide bonds. The Morgan fingerprint density at radius 2 is 2.09 bits per heavy atom. The molecular weight excluding hydrogens is 500 g/mol. The molecule has 0 aromatic carbocycles. The van der Waals surface area contributed by atoms with E-state index in [4.69, 9.17) is 11.5 Å². The number of primary amides is 1. The van der Waals surface area contributed by atoms with Crippen molar-refractivity contribution in [3.8, 4) is 0 Å². The first-order valence-electron chi connectivity index (χ1n) is 9.89. The normalized spacial score (nSPS) is 19.6. The van der Waals surface area contributed by atoms with Gasteiger partial charge in [0.15, 0.2) is 24.1 Å². The van der Waals surface area contributed by atoms with E-state index in [1.807, 2.05) is 0 Å². The standard InChI is InChI=1S/C19H18N8O6S2/c1-33-24-10(14-23-19(21)35-25-14)15(29)22-11-16(30)27-12(18(31)32)9(7-34-17(11)27)6-26-4-2-8(3-5-26)13(20)28/h2-5,11,17H,6-7H2,1H3,(H5-,20,21,22,23,25,28,29,31,32)/t11?,17-/m0/s1. The van der Waals surface area contributed by atoms with Gasteiger partial charge in [-0.25, -0.2) is 4.57 Å². The Morgan fingerprint density at radius 1 is 1.37 bits per heavy atom. The molecule has 1 unspecified atom stereocenters. The van der Waals surface area contributed by atoms with Crippen LogP contribution in [0.3, 0.4) is 0 Å². The number of thioether (sulfide) groups is 1. The van der Waals surface area contributed by atoms with E-state index >= 15 is 0 Å². The van der Waals surface area contributed by atoms with Gasteiger partial charge in [0.25, 0.3) is 11.8 Å². The number of aliphatic carboxylic acids is 1. The lowest BCUT2D eigenvalue weighted by molar-refractivity contribution is -0.689. The average molecular weight is 519 g/mol. The van der Waals surface area contributed by atoms with Crippen molar-refractivity contribution < 1.29 is 33.7 Å². The topological polar surface area (TPSA) is 210 Å². The van der Waals surface area contributed by atoms with E-state index in [0.29, 0.717) is 11.1 Å². The minimum atomic E-state index is -1.51. The molecule has 2 aromatic rings. The Bertz CT molecular complexity index is 1270. The average Bonchev–Trinajstić information content (AvgIpc) is 3.26. The number of β-lactam (4-membered cyclic amide) rings is 1. The van der Waals surface area contributed by atoms with Crippen LogP contribution in [-0.4, -0.2) is 67.9 Å². The van der Waals surface area contributed by atoms with Gasteiger partial charge >= 0.3 is 0 Å². The summed E-state index contributed by atoms with van der Waals surface area (Å²) in [5.41, 5.74) is 11.0. The van der Waals surface area contributed by atoms with Crippen LogP contribution in [0.25, 0.3) is 0 Å². The Labute approximate surface area is 205 Å². The van der Waals surface area contributed by atoms with Crippen LogP contribution in [-0.2, 0) is 25.8 Å². The monoisotopic (exact) mass is 518 g/mol. The smallest absolute Gasteiger partial charge is 0.278 e. The lowest BCUT2D eigenvalue weighted by Gasteiger charge is -2.50. The zero-order valence-electron chi connectivity index (χ0n) is 18.0. The molecule has 5 N–H and O–H groups in total. The van der Waals surface area contributed by atoms with Gasteiger partial charge in [0.05, 0.1) is 17.2 Å². The number of oxime groups is 1. The van der Waals surface area contributed by atoms with E-state index < -0.39 is 35.1 Å². The highest BCUT2D eigenvalue weighted by Gasteiger charge is 2.53. The fourth-order valence-corrected chi connectivity index (χ4v) is 5.33. The number of hydrogen-bond acceptors (Lipinski definition) is 12. The molecule has 2 aliphatic heterocycles. The largest absolute Gasteiger partial charge is 0.543 e. The van der Waals surface area contributed by atoms with Crippen LogP contribution in [0.1, 0.15) is 16.2 Å². The molecule has 0 bridgehead atoms. The molecule has 4 heterocycles. The Morgan fingerprint density at radius 3 is 2.66 bits per heavy atom. The number of fused-ring (bicyclic) bond motifs is 1. The molecule has 14 nitrogen and oxygen atoms in total. The van der Waals surface area contributed by atoms with E-state index in [1.165, 1.54) is 31.0 Å². The molecule has 1 saturated heterocycles. The molecule has 4 rings (SSSR count). The number of aromatic nitrogens is 3. The van der Waals surface area contributed by atoms with Crippen LogP contribution >= 0.6 is 23.3 Å². The number of nitrogen functional groups attached to an aromatic ring is 1. The second-order valence-electron chi connectivity index (χ2n) is 7.30. The number of nitrogens with zero attached hydrogens (tertiary/aromatic N) is 5. The SMILES string of the molecule is CON=C(C(=O)NC1C(=O)N2C(C(=O)[O-])=C(C[n+]3ccc(C(N)=O)cc3)CS[C@@H]12)c1nsc(N)n1. The Balaban J connectivity index is 1.52. The van der Waals surface area contributed by atoms with Gasteiger partial charge in [0, 0.05) is 35.0 Å². The summed E-state index contributed by atoms with van der Waals surface area (Å²) in [4.78, 5) is 58.5. The molecular formula is C19H18N8O6S2. The first kappa shape index (κ1) is 24.1. The van der Waals surface area contributed by atoms with Crippen molar-refractivity contribution in [1.29, 1.82) is 0 Å². The maximum Gasteiger partial charge on any atom is 0.278 e. The van der Waals surface area contributed by atoms with E-state index in [-0.39, 0.29) is 34.7 Å². The summed E-state index contributed by atoms with van der Waals surface area (Å²) >= 11 is 2.14. The van der Waals surface area contributed by atoms with Crippen molar-refractivity contribution in [3.63, 3.8) is 0 Å². The van der Waals surface area contributed by atoms with Gasteiger partial charge in [-0.3, -0.25) is 19.3 Å². The predicted molar refractivity (Wildman–Crippen MR) is 120 cm³/mol. The van der Waals surface area contributed by atoms with E-state index in [2.05, 4.69) is 24.7 Å². The molecule has 2 atom stereocenters. The zero-order valence-corrected chi connectivity index (χ0v) is 19.7. The number of pyridine rings is 1. The molecule has 16 heteroatoms. The van der Waals surface area contributed by atoms with Crippen molar-refractivity contribution in [1.82, 2.24) is 19.6 Å². The van der Waals surface area contributed by atoms with Crippen molar-refractivity contribution in [2.75, 3.05) is 18.6 Å². The fraction of sp³-hybridized carbons (Fsp3) is 0.263. The van der Waals surface area contributed by atoms with Gasteiger partial charge in [0.2, 0.25) is 17.4 Å². The van der Waals surface area contributed by atoms with Crippen LogP contribution < -0.4 is 26.5 Å². The molecule has 35 heavy (non-hydrogen) atoms. The Kier molecular flexibility index (Phi) is 6.65. The van der Waals surface area contributed by atoms with Gasteiger partial charge in [-0.05, 0) is 0 Å². The number of carboxylic acid groups (broad SMARTS) is 1. The number of hydrogen-bond donors (Lipinski definition) is 3. The molecule has 1 fully saturated rings. The predicted octanol–water partition coefficient (Wildman–Crippen LogP) is -3.04. The number of carbonyl (C=O) groups excluding carboxylic acids is 4. The number of carboxylic acids is 1. The molecule has 0 radical (unpaired) electrons. The second kappa shape index (κ2) is 9.67. The minimum absolute atomic E-state index is 0.0660. The summed E-state index contributed by atoms with van der Waals surface area (Å²) < 4.78 is 5.57. The summed E-state index contributed by atoms with van der Waals surface area (Å²) in [5, 5.41) is 17.6. The summed E-state index contributed by atoms with van der Waals surface area (Å²) in [7, 11) is 1.23. The number of nitrogens with one attached hydrogen (secondary N) is 1. The molecule has 2 aliphatic rings. The minimum Gasteiger partial charge on any atom is -0.543 e. The third-order valence-corrected chi connectivity index (χ3v) is 7.01. The number of carbonyl (C=O) groups is 4. The van der Waals surface area contributed by atoms with E-state index in [0.717, 1.165) is 16.4 Å². The van der Waals surface area contributed by atoms with Gasteiger partial charge in [-0.2, -0.15) is 9.36 Å². The molecule has 2 aromatic heterocycles. The van der Waals surface area contributed by atoms with Crippen LogP contribution in [0.5, 0.6) is 0 Å². The summed E-state index contributed by atoms with van der Waals surface area (Å²) in [6, 6.07) is 2.00. The third kappa shape index (κ3) is 4.65. The van der Waals surface area contributed by atoms with Gasteiger partial charge < -0.3 is 31.5 Å². The molecule has 182 valence electrons.